The number of amides is 2. The van der Waals surface area contributed by atoms with Gasteiger partial charge in [0.1, 0.15) is 12.1 Å². The van der Waals surface area contributed by atoms with Crippen LogP contribution >= 0.6 is 11.8 Å². The predicted molar refractivity (Wildman–Crippen MR) is 65.5 cm³/mol. The number of hydrogen-bond donors (Lipinski definition) is 3. The SMILES string of the molecule is CC(=O)NC(CCSCC1CNC(=O)O1)C(=O)O. The lowest BCUT2D eigenvalue weighted by Gasteiger charge is -2.13. The summed E-state index contributed by atoms with van der Waals surface area (Å²) in [4.78, 5) is 32.4. The lowest BCUT2D eigenvalue weighted by atomic mass is 10.2. The normalized spacial score (nSPS) is 19.8. The second-order valence-corrected chi connectivity index (χ2v) is 5.01. The first-order valence-corrected chi connectivity index (χ1v) is 6.66. The van der Waals surface area contributed by atoms with Crippen LogP contribution in [0.25, 0.3) is 0 Å². The summed E-state index contributed by atoms with van der Waals surface area (Å²) in [6.45, 7) is 1.77. The summed E-state index contributed by atoms with van der Waals surface area (Å²) in [5, 5.41) is 13.8. The number of carbonyl (C=O) groups excluding carboxylic acids is 2. The van der Waals surface area contributed by atoms with Gasteiger partial charge in [-0.2, -0.15) is 11.8 Å². The van der Waals surface area contributed by atoms with E-state index in [0.717, 1.165) is 0 Å². The van der Waals surface area contributed by atoms with Gasteiger partial charge in [0.25, 0.3) is 0 Å². The molecule has 3 N–H and O–H groups in total. The Hall–Kier alpha value is -1.44. The van der Waals surface area contributed by atoms with Gasteiger partial charge >= 0.3 is 12.1 Å². The second-order valence-electron chi connectivity index (χ2n) is 3.86. The smallest absolute Gasteiger partial charge is 0.407 e. The summed E-state index contributed by atoms with van der Waals surface area (Å²) < 4.78 is 4.92. The van der Waals surface area contributed by atoms with E-state index in [4.69, 9.17) is 9.84 Å². The van der Waals surface area contributed by atoms with Gasteiger partial charge in [-0.25, -0.2) is 9.59 Å². The van der Waals surface area contributed by atoms with Crippen molar-refractivity contribution in [1.29, 1.82) is 0 Å². The molecule has 1 heterocycles. The van der Waals surface area contributed by atoms with E-state index in [0.29, 0.717) is 24.5 Å². The van der Waals surface area contributed by atoms with Gasteiger partial charge in [0, 0.05) is 12.7 Å². The number of cyclic esters (lactones) is 1. The topological polar surface area (TPSA) is 105 Å². The van der Waals surface area contributed by atoms with Crippen molar-refractivity contribution in [3.63, 3.8) is 0 Å². The van der Waals surface area contributed by atoms with E-state index in [1.807, 2.05) is 0 Å². The molecule has 0 aromatic carbocycles. The molecule has 0 bridgehead atoms. The fourth-order valence-electron chi connectivity index (χ4n) is 1.44. The fourth-order valence-corrected chi connectivity index (χ4v) is 2.46. The Morgan fingerprint density at radius 3 is 2.89 bits per heavy atom. The molecule has 1 saturated heterocycles. The summed E-state index contributed by atoms with van der Waals surface area (Å²) in [6, 6.07) is -0.862. The fraction of sp³-hybridized carbons (Fsp3) is 0.700. The molecule has 1 fully saturated rings. The third-order valence-corrected chi connectivity index (χ3v) is 3.41. The summed E-state index contributed by atoms with van der Waals surface area (Å²) in [5.41, 5.74) is 0. The maximum absolute atomic E-state index is 10.8. The van der Waals surface area contributed by atoms with Crippen molar-refractivity contribution in [3.8, 4) is 0 Å². The summed E-state index contributed by atoms with van der Waals surface area (Å²) >= 11 is 1.49. The summed E-state index contributed by atoms with van der Waals surface area (Å²) in [5.74, 6) is -0.211. The molecule has 2 amide bonds. The van der Waals surface area contributed by atoms with Crippen molar-refractivity contribution in [2.24, 2.45) is 0 Å². The van der Waals surface area contributed by atoms with Crippen LogP contribution in [0.1, 0.15) is 13.3 Å². The Bertz CT molecular complexity index is 336. The molecule has 8 heteroatoms. The molecule has 7 nitrogen and oxygen atoms in total. The highest BCUT2D eigenvalue weighted by atomic mass is 32.2. The maximum Gasteiger partial charge on any atom is 0.407 e. The Morgan fingerprint density at radius 2 is 2.39 bits per heavy atom. The van der Waals surface area contributed by atoms with Crippen LogP contribution in [0.3, 0.4) is 0 Å². The molecule has 1 rings (SSSR count). The van der Waals surface area contributed by atoms with Crippen molar-refractivity contribution >= 4 is 29.7 Å². The number of nitrogens with one attached hydrogen (secondary N) is 2. The number of carboxylic acids is 1. The lowest BCUT2D eigenvalue weighted by Crippen LogP contribution is -2.40. The monoisotopic (exact) mass is 276 g/mol. The minimum absolute atomic E-state index is 0.161. The number of thioether (sulfide) groups is 1. The van der Waals surface area contributed by atoms with Gasteiger partial charge in [-0.05, 0) is 12.2 Å². The second kappa shape index (κ2) is 7.10. The van der Waals surface area contributed by atoms with Crippen LogP contribution < -0.4 is 10.6 Å². The van der Waals surface area contributed by atoms with Crippen molar-refractivity contribution in [1.82, 2.24) is 10.6 Å². The number of aliphatic carboxylic acids is 1. The van der Waals surface area contributed by atoms with E-state index < -0.39 is 18.1 Å². The van der Waals surface area contributed by atoms with E-state index in [1.165, 1.54) is 18.7 Å². The third kappa shape index (κ3) is 5.26. The van der Waals surface area contributed by atoms with Gasteiger partial charge < -0.3 is 20.5 Å². The largest absolute Gasteiger partial charge is 0.480 e. The van der Waals surface area contributed by atoms with Crippen LogP contribution in [0.15, 0.2) is 0 Å². The van der Waals surface area contributed by atoms with Crippen LogP contribution in [-0.2, 0) is 14.3 Å². The highest BCUT2D eigenvalue weighted by Crippen LogP contribution is 2.11. The van der Waals surface area contributed by atoms with E-state index in [9.17, 15) is 14.4 Å². The first-order chi connectivity index (χ1) is 8.49. The average molecular weight is 276 g/mol. The van der Waals surface area contributed by atoms with Crippen molar-refractivity contribution in [2.45, 2.75) is 25.5 Å². The van der Waals surface area contributed by atoms with Gasteiger partial charge in [0.05, 0.1) is 6.54 Å². The summed E-state index contributed by atoms with van der Waals surface area (Å²) in [6.07, 6.45) is -0.234. The zero-order valence-corrected chi connectivity index (χ0v) is 10.8. The quantitative estimate of drug-likeness (QED) is 0.557. The van der Waals surface area contributed by atoms with Gasteiger partial charge in [-0.1, -0.05) is 0 Å². The number of rotatable bonds is 7. The molecule has 2 atom stereocenters. The molecular weight excluding hydrogens is 260 g/mol. The van der Waals surface area contributed by atoms with Crippen molar-refractivity contribution in [3.05, 3.63) is 0 Å². The number of carbonyl (C=O) groups is 3. The number of alkyl carbamates (subject to hydrolysis) is 1. The van der Waals surface area contributed by atoms with Gasteiger partial charge in [0.2, 0.25) is 5.91 Å². The molecule has 0 spiro atoms. The molecule has 1 aliphatic rings. The minimum Gasteiger partial charge on any atom is -0.480 e. The predicted octanol–water partition coefficient (Wildman–Crippen LogP) is -0.193. The highest BCUT2D eigenvalue weighted by molar-refractivity contribution is 7.99. The van der Waals surface area contributed by atoms with Crippen LogP contribution in [0.2, 0.25) is 0 Å². The Labute approximate surface area is 109 Å². The minimum atomic E-state index is -1.04. The van der Waals surface area contributed by atoms with E-state index in [2.05, 4.69) is 10.6 Å². The molecule has 2 unspecified atom stereocenters. The van der Waals surface area contributed by atoms with Crippen LogP contribution in [0, 0.1) is 0 Å². The lowest BCUT2D eigenvalue weighted by molar-refractivity contribution is -0.141. The van der Waals surface area contributed by atoms with Crippen LogP contribution in [0.4, 0.5) is 4.79 Å². The van der Waals surface area contributed by atoms with Crippen LogP contribution in [0.5, 0.6) is 0 Å². The van der Waals surface area contributed by atoms with Gasteiger partial charge in [0.15, 0.2) is 0 Å². The van der Waals surface area contributed by atoms with E-state index in [1.54, 1.807) is 0 Å². The molecule has 0 radical (unpaired) electrons. The molecular formula is C10H16N2O5S. The van der Waals surface area contributed by atoms with Gasteiger partial charge in [-0.3, -0.25) is 4.79 Å². The molecule has 0 aliphatic carbocycles. The molecule has 102 valence electrons. The zero-order chi connectivity index (χ0) is 13.5. The van der Waals surface area contributed by atoms with Gasteiger partial charge in [-0.15, -0.1) is 0 Å². The van der Waals surface area contributed by atoms with Crippen molar-refractivity contribution in [2.75, 3.05) is 18.1 Å². The number of hydrogen-bond acceptors (Lipinski definition) is 5. The molecule has 0 saturated carbocycles. The molecule has 18 heavy (non-hydrogen) atoms. The Balaban J connectivity index is 2.16. The Morgan fingerprint density at radius 1 is 1.67 bits per heavy atom. The Kier molecular flexibility index (Phi) is 5.76. The first-order valence-electron chi connectivity index (χ1n) is 5.51. The number of carboxylic acid groups (broad SMARTS) is 1. The zero-order valence-electron chi connectivity index (χ0n) is 9.97. The standard InChI is InChI=1S/C10H16N2O5S/c1-6(13)12-8(9(14)15)2-3-18-5-7-4-11-10(16)17-7/h7-8H,2-5H2,1H3,(H,11,16)(H,12,13)(H,14,15). The van der Waals surface area contributed by atoms with Crippen molar-refractivity contribution < 1.29 is 24.2 Å². The maximum atomic E-state index is 10.8. The average Bonchev–Trinajstić information content (AvgIpc) is 2.68. The highest BCUT2D eigenvalue weighted by Gasteiger charge is 2.23. The molecule has 0 aromatic heterocycles. The van der Waals surface area contributed by atoms with E-state index >= 15 is 0 Å². The van der Waals surface area contributed by atoms with E-state index in [-0.39, 0.29) is 12.0 Å². The molecule has 1 aliphatic heterocycles. The van der Waals surface area contributed by atoms with Crippen LogP contribution in [-0.4, -0.2) is 53.3 Å². The molecule has 0 aromatic rings. The number of ether oxygens (including phenoxy) is 1. The summed E-state index contributed by atoms with van der Waals surface area (Å²) in [7, 11) is 0. The third-order valence-electron chi connectivity index (χ3n) is 2.28. The first kappa shape index (κ1) is 14.6.